The summed E-state index contributed by atoms with van der Waals surface area (Å²) in [6.45, 7) is 1.95. The number of nitrogens with one attached hydrogen (secondary N) is 1. The Labute approximate surface area is 162 Å². The Hall–Kier alpha value is -1.40. The summed E-state index contributed by atoms with van der Waals surface area (Å²) in [7, 11) is 0. The molecule has 1 heterocycles. The van der Waals surface area contributed by atoms with Crippen LogP contribution in [0.1, 0.15) is 12.5 Å². The number of hydrazone groups is 1. The molecule has 3 aromatic rings. The number of nitrogens with zero attached hydrogens (tertiary/aromatic N) is 2. The van der Waals surface area contributed by atoms with Crippen LogP contribution in [-0.4, -0.2) is 10.7 Å². The number of anilines is 1. The fraction of sp³-hybridized carbons (Fsp3) is 0.0588. The lowest BCUT2D eigenvalue weighted by Crippen LogP contribution is -1.99. The van der Waals surface area contributed by atoms with Gasteiger partial charge in [0.05, 0.1) is 16.4 Å². The summed E-state index contributed by atoms with van der Waals surface area (Å²) in [6.07, 6.45) is 0. The fourth-order valence-corrected chi connectivity index (χ4v) is 3.46. The molecule has 1 aromatic heterocycles. The van der Waals surface area contributed by atoms with Gasteiger partial charge in [-0.15, -0.1) is 11.3 Å². The van der Waals surface area contributed by atoms with Crippen LogP contribution in [0, 0.1) is 0 Å². The number of hydrogen-bond donors (Lipinski definition) is 1. The van der Waals surface area contributed by atoms with Crippen molar-refractivity contribution in [1.82, 2.24) is 4.98 Å². The molecule has 0 amide bonds. The van der Waals surface area contributed by atoms with Crippen LogP contribution in [0.4, 0.5) is 5.13 Å². The number of halogens is 3. The SMILES string of the molecule is C/C(=N/Nc1nc(-c2ccc(Cl)cc2Cl)cs1)c1ccc(Br)cc1. The van der Waals surface area contributed by atoms with Gasteiger partial charge in [-0.1, -0.05) is 51.3 Å². The zero-order chi connectivity index (χ0) is 17.1. The third-order valence-corrected chi connectivity index (χ3v) is 5.12. The zero-order valence-corrected chi connectivity index (χ0v) is 16.5. The van der Waals surface area contributed by atoms with Crippen LogP contribution < -0.4 is 5.43 Å². The van der Waals surface area contributed by atoms with Gasteiger partial charge in [0.2, 0.25) is 5.13 Å². The number of benzene rings is 2. The first-order valence-corrected chi connectivity index (χ1v) is 9.43. The molecule has 3 nitrogen and oxygen atoms in total. The minimum Gasteiger partial charge on any atom is -0.252 e. The molecular weight excluding hydrogens is 429 g/mol. The van der Waals surface area contributed by atoms with Crippen molar-refractivity contribution in [2.24, 2.45) is 5.10 Å². The second-order valence-corrected chi connectivity index (χ2v) is 7.60. The van der Waals surface area contributed by atoms with Gasteiger partial charge < -0.3 is 0 Å². The molecule has 0 saturated carbocycles. The summed E-state index contributed by atoms with van der Waals surface area (Å²) in [4.78, 5) is 4.52. The zero-order valence-electron chi connectivity index (χ0n) is 12.6. The first kappa shape index (κ1) is 17.4. The van der Waals surface area contributed by atoms with Crippen molar-refractivity contribution in [3.05, 3.63) is 67.9 Å². The van der Waals surface area contributed by atoms with Crippen molar-refractivity contribution in [2.75, 3.05) is 5.43 Å². The van der Waals surface area contributed by atoms with Crippen LogP contribution in [-0.2, 0) is 0 Å². The molecule has 122 valence electrons. The molecule has 0 unspecified atom stereocenters. The van der Waals surface area contributed by atoms with Crippen LogP contribution in [0.25, 0.3) is 11.3 Å². The highest BCUT2D eigenvalue weighted by atomic mass is 79.9. The molecular formula is C17H12BrCl2N3S. The van der Waals surface area contributed by atoms with E-state index in [1.165, 1.54) is 11.3 Å². The molecule has 2 aromatic carbocycles. The van der Waals surface area contributed by atoms with Gasteiger partial charge in [-0.05, 0) is 42.8 Å². The fourth-order valence-electron chi connectivity index (χ4n) is 2.03. The average molecular weight is 441 g/mol. The minimum atomic E-state index is 0.578. The molecule has 0 saturated heterocycles. The van der Waals surface area contributed by atoms with Crippen molar-refractivity contribution >= 4 is 61.3 Å². The van der Waals surface area contributed by atoms with Crippen LogP contribution in [0.3, 0.4) is 0 Å². The van der Waals surface area contributed by atoms with Gasteiger partial charge in [0.15, 0.2) is 0 Å². The maximum absolute atomic E-state index is 6.22. The number of thiazole rings is 1. The maximum Gasteiger partial charge on any atom is 0.203 e. The van der Waals surface area contributed by atoms with Crippen molar-refractivity contribution in [3.63, 3.8) is 0 Å². The Kier molecular flexibility index (Phi) is 5.56. The lowest BCUT2D eigenvalue weighted by molar-refractivity contribution is 1.27. The molecule has 24 heavy (non-hydrogen) atoms. The monoisotopic (exact) mass is 439 g/mol. The van der Waals surface area contributed by atoms with E-state index in [4.69, 9.17) is 23.2 Å². The van der Waals surface area contributed by atoms with Crippen molar-refractivity contribution < 1.29 is 0 Å². The van der Waals surface area contributed by atoms with E-state index in [-0.39, 0.29) is 0 Å². The van der Waals surface area contributed by atoms with Crippen molar-refractivity contribution in [2.45, 2.75) is 6.92 Å². The standard InChI is InChI=1S/C17H12BrCl2N3S/c1-10(11-2-4-12(18)5-3-11)22-23-17-21-16(9-24-17)14-7-6-13(19)8-15(14)20/h2-9H,1H3,(H,21,23)/b22-10-. The van der Waals surface area contributed by atoms with E-state index in [1.807, 2.05) is 42.6 Å². The van der Waals surface area contributed by atoms with E-state index in [1.54, 1.807) is 12.1 Å². The topological polar surface area (TPSA) is 37.3 Å². The smallest absolute Gasteiger partial charge is 0.203 e. The predicted molar refractivity (Wildman–Crippen MR) is 108 cm³/mol. The number of hydrogen-bond acceptors (Lipinski definition) is 4. The molecule has 7 heteroatoms. The van der Waals surface area contributed by atoms with Crippen molar-refractivity contribution in [1.29, 1.82) is 0 Å². The van der Waals surface area contributed by atoms with Gasteiger partial charge in [-0.2, -0.15) is 5.10 Å². The molecule has 0 radical (unpaired) electrons. The Bertz CT molecular complexity index is 891. The summed E-state index contributed by atoms with van der Waals surface area (Å²) in [5.74, 6) is 0. The molecule has 0 fully saturated rings. The molecule has 3 rings (SSSR count). The minimum absolute atomic E-state index is 0.578. The van der Waals surface area contributed by atoms with E-state index in [0.29, 0.717) is 15.2 Å². The van der Waals surface area contributed by atoms with Gasteiger partial charge in [-0.3, -0.25) is 5.43 Å². The highest BCUT2D eigenvalue weighted by molar-refractivity contribution is 9.10. The first-order chi connectivity index (χ1) is 11.5. The van der Waals surface area contributed by atoms with E-state index >= 15 is 0 Å². The Balaban J connectivity index is 1.76. The lowest BCUT2D eigenvalue weighted by atomic mass is 10.1. The summed E-state index contributed by atoms with van der Waals surface area (Å²) < 4.78 is 1.04. The van der Waals surface area contributed by atoms with Crippen LogP contribution in [0.2, 0.25) is 10.0 Å². The quantitative estimate of drug-likeness (QED) is 0.361. The van der Waals surface area contributed by atoms with Crippen molar-refractivity contribution in [3.8, 4) is 11.3 Å². The molecule has 0 atom stereocenters. The predicted octanol–water partition coefficient (Wildman–Crippen LogP) is 6.72. The lowest BCUT2D eigenvalue weighted by Gasteiger charge is -2.02. The molecule has 0 aliphatic rings. The van der Waals surface area contributed by atoms with Crippen LogP contribution in [0.15, 0.2) is 57.4 Å². The van der Waals surface area contributed by atoms with Crippen LogP contribution in [0.5, 0.6) is 0 Å². The largest absolute Gasteiger partial charge is 0.252 e. The summed E-state index contributed by atoms with van der Waals surface area (Å²) >= 11 is 17.0. The normalized spacial score (nSPS) is 11.6. The van der Waals surface area contributed by atoms with Gasteiger partial charge in [0, 0.05) is 20.4 Å². The van der Waals surface area contributed by atoms with Gasteiger partial charge in [-0.25, -0.2) is 4.98 Å². The van der Waals surface area contributed by atoms with Gasteiger partial charge in [0.1, 0.15) is 0 Å². The Morgan fingerprint density at radius 3 is 2.62 bits per heavy atom. The third kappa shape index (κ3) is 4.16. The molecule has 0 aliphatic heterocycles. The van der Waals surface area contributed by atoms with E-state index in [0.717, 1.165) is 27.0 Å². The summed E-state index contributed by atoms with van der Waals surface area (Å²) in [5, 5.41) is 8.20. The van der Waals surface area contributed by atoms with Gasteiger partial charge in [0.25, 0.3) is 0 Å². The average Bonchev–Trinajstić information content (AvgIpc) is 3.02. The Morgan fingerprint density at radius 1 is 1.17 bits per heavy atom. The molecule has 1 N–H and O–H groups in total. The highest BCUT2D eigenvalue weighted by Gasteiger charge is 2.08. The second kappa shape index (κ2) is 7.66. The van der Waals surface area contributed by atoms with Gasteiger partial charge >= 0.3 is 0 Å². The van der Waals surface area contributed by atoms with E-state index in [2.05, 4.69) is 31.4 Å². The molecule has 0 bridgehead atoms. The van der Waals surface area contributed by atoms with E-state index < -0.39 is 0 Å². The number of rotatable bonds is 4. The molecule has 0 aliphatic carbocycles. The Morgan fingerprint density at radius 2 is 1.92 bits per heavy atom. The van der Waals surface area contributed by atoms with Crippen LogP contribution >= 0.6 is 50.5 Å². The van der Waals surface area contributed by atoms with E-state index in [9.17, 15) is 0 Å². The third-order valence-electron chi connectivity index (χ3n) is 3.29. The highest BCUT2D eigenvalue weighted by Crippen LogP contribution is 2.32. The summed E-state index contributed by atoms with van der Waals surface area (Å²) in [6, 6.07) is 13.3. The maximum atomic E-state index is 6.22. The number of aromatic nitrogens is 1. The first-order valence-electron chi connectivity index (χ1n) is 7.00. The molecule has 0 spiro atoms. The second-order valence-electron chi connectivity index (χ2n) is 4.98. The summed E-state index contributed by atoms with van der Waals surface area (Å²) in [5.41, 5.74) is 6.55.